The molecule has 0 bridgehead atoms. The number of anilines is 1. The Balaban J connectivity index is 1.38. The highest BCUT2D eigenvalue weighted by molar-refractivity contribution is 8.00. The van der Waals surface area contributed by atoms with Gasteiger partial charge in [-0.05, 0) is 17.5 Å². The van der Waals surface area contributed by atoms with Crippen molar-refractivity contribution in [3.63, 3.8) is 0 Å². The number of aliphatic carboxylic acids is 1. The molecule has 1 fully saturated rings. The first-order valence-corrected chi connectivity index (χ1v) is 12.2. The molecular weight excluding hydrogens is 496 g/mol. The minimum atomic E-state index is -1.19. The number of carboxylic acids is 1. The average molecular weight is 516 g/mol. The molecule has 1 unspecified atom stereocenters. The first-order valence-electron chi connectivity index (χ1n) is 10.3. The summed E-state index contributed by atoms with van der Waals surface area (Å²) in [7, 11) is 1.25. The molecule has 0 spiro atoms. The largest absolute Gasteiger partial charge is 0.477 e. The fraction of sp³-hybridized carbons (Fsp3) is 0.238. The predicted octanol–water partition coefficient (Wildman–Crippen LogP) is 0.548. The van der Waals surface area contributed by atoms with Crippen LogP contribution in [0.1, 0.15) is 5.69 Å². The van der Waals surface area contributed by atoms with E-state index in [2.05, 4.69) is 15.5 Å². The molecule has 3 aromatic rings. The minimum Gasteiger partial charge on any atom is -0.477 e. The molecule has 180 valence electrons. The number of thiophene rings is 1. The monoisotopic (exact) mass is 515 g/mol. The van der Waals surface area contributed by atoms with Crippen LogP contribution >= 0.6 is 23.1 Å². The van der Waals surface area contributed by atoms with Gasteiger partial charge in [0.1, 0.15) is 36.2 Å². The number of carbonyl (C=O) groups is 3. The van der Waals surface area contributed by atoms with Crippen LogP contribution in [-0.4, -0.2) is 62.8 Å². The van der Waals surface area contributed by atoms with Crippen LogP contribution in [0.3, 0.4) is 0 Å². The predicted molar refractivity (Wildman–Crippen MR) is 126 cm³/mol. The number of rotatable bonds is 7. The molecule has 2 aliphatic heterocycles. The van der Waals surface area contributed by atoms with Gasteiger partial charge in [0.05, 0.1) is 5.39 Å². The van der Waals surface area contributed by atoms with E-state index in [4.69, 9.17) is 15.0 Å². The van der Waals surface area contributed by atoms with Crippen molar-refractivity contribution in [3.05, 3.63) is 53.0 Å². The van der Waals surface area contributed by atoms with Crippen molar-refractivity contribution in [2.24, 2.45) is 5.16 Å². The van der Waals surface area contributed by atoms with Gasteiger partial charge in [0.25, 0.3) is 22.7 Å². The molecule has 14 heteroatoms. The standard InChI is InChI=1S/C21H18N6O6S2/c1-32-25-13(12-8-33-21(22)23-12)16(28)24-14-17(29)27-15(20(30)31)11(9-35-19(14)27)7-26-5-2-3-10-4-6-34-18(10)26/h2-6,8,14,19H,7,9H2,1H3,(H3-,22,23,24,28,30,31)/p+1/t14?,19-/m0/s1. The van der Waals surface area contributed by atoms with Crippen molar-refractivity contribution in [1.82, 2.24) is 15.2 Å². The van der Waals surface area contributed by atoms with Crippen LogP contribution in [0.25, 0.3) is 10.2 Å². The summed E-state index contributed by atoms with van der Waals surface area (Å²) in [6, 6.07) is 4.78. The zero-order valence-electron chi connectivity index (χ0n) is 18.2. The highest BCUT2D eigenvalue weighted by Gasteiger charge is 2.54. The van der Waals surface area contributed by atoms with Crippen molar-refractivity contribution in [2.45, 2.75) is 18.0 Å². The smallest absolute Gasteiger partial charge is 0.352 e. The summed E-state index contributed by atoms with van der Waals surface area (Å²) in [4.78, 5) is 48.8. The summed E-state index contributed by atoms with van der Waals surface area (Å²) in [5.41, 5.74) is 5.83. The fourth-order valence-electron chi connectivity index (χ4n) is 4.03. The van der Waals surface area contributed by atoms with Gasteiger partial charge >= 0.3 is 5.97 Å². The highest BCUT2D eigenvalue weighted by atomic mass is 32.2. The Kier molecular flexibility index (Phi) is 5.90. The van der Waals surface area contributed by atoms with E-state index in [1.807, 2.05) is 34.3 Å². The van der Waals surface area contributed by atoms with Gasteiger partial charge in [0, 0.05) is 17.4 Å². The molecule has 3 aromatic heterocycles. The summed E-state index contributed by atoms with van der Waals surface area (Å²) in [5, 5.41) is 18.7. The maximum Gasteiger partial charge on any atom is 0.352 e. The summed E-state index contributed by atoms with van der Waals surface area (Å²) in [6.07, 6.45) is 3.02. The first-order chi connectivity index (χ1) is 16.9. The van der Waals surface area contributed by atoms with Gasteiger partial charge in [-0.15, -0.1) is 11.8 Å². The number of β-lactam (4-membered cyclic amide) rings is 1. The summed E-state index contributed by atoms with van der Waals surface area (Å²) in [5.74, 6) is -2.07. The van der Waals surface area contributed by atoms with Gasteiger partial charge < -0.3 is 25.4 Å². The van der Waals surface area contributed by atoms with E-state index in [9.17, 15) is 19.5 Å². The van der Waals surface area contributed by atoms with Crippen LogP contribution < -0.4 is 15.6 Å². The third-order valence-electron chi connectivity index (χ3n) is 5.54. The van der Waals surface area contributed by atoms with Gasteiger partial charge in [-0.25, -0.2) is 4.79 Å². The number of oxazole rings is 1. The van der Waals surface area contributed by atoms with Gasteiger partial charge in [-0.2, -0.15) is 9.55 Å². The van der Waals surface area contributed by atoms with Gasteiger partial charge in [-0.3, -0.25) is 14.5 Å². The fourth-order valence-corrected chi connectivity index (χ4v) is 6.24. The zero-order chi connectivity index (χ0) is 24.7. The Morgan fingerprint density at radius 2 is 2.29 bits per heavy atom. The zero-order valence-corrected chi connectivity index (χ0v) is 19.8. The lowest BCUT2D eigenvalue weighted by Gasteiger charge is -2.49. The molecule has 12 nitrogen and oxygen atoms in total. The number of nitrogens with one attached hydrogen (secondary N) is 1. The number of amides is 2. The SMILES string of the molecule is CON=C(C(=O)NC1C(=O)N2C(C(=O)O)=C(C[n+]3cccc4ccsc43)CS[C@@H]12)c1coc(N)n1. The highest BCUT2D eigenvalue weighted by Crippen LogP contribution is 2.40. The van der Waals surface area contributed by atoms with Crippen molar-refractivity contribution in [1.29, 1.82) is 0 Å². The van der Waals surface area contributed by atoms with Crippen LogP contribution in [-0.2, 0) is 25.8 Å². The molecule has 35 heavy (non-hydrogen) atoms. The van der Waals surface area contributed by atoms with Gasteiger partial charge in [0.2, 0.25) is 0 Å². The van der Waals surface area contributed by atoms with Crippen molar-refractivity contribution in [3.8, 4) is 0 Å². The number of nitrogen functional groups attached to an aromatic ring is 1. The Bertz CT molecular complexity index is 1410. The molecule has 5 rings (SSSR count). The second-order valence-electron chi connectivity index (χ2n) is 7.63. The summed E-state index contributed by atoms with van der Waals surface area (Å²) >= 11 is 2.94. The number of nitrogens with zero attached hydrogens (tertiary/aromatic N) is 4. The second kappa shape index (κ2) is 9.03. The number of hydrogen-bond donors (Lipinski definition) is 3. The normalized spacial score (nSPS) is 20.0. The van der Waals surface area contributed by atoms with E-state index in [0.717, 1.165) is 16.5 Å². The van der Waals surface area contributed by atoms with Crippen LogP contribution in [0, 0.1) is 0 Å². The lowest BCUT2D eigenvalue weighted by molar-refractivity contribution is -0.661. The molecule has 0 radical (unpaired) electrons. The number of hydrogen-bond acceptors (Lipinski definition) is 10. The number of pyridine rings is 1. The lowest BCUT2D eigenvalue weighted by atomic mass is 10.0. The molecule has 0 aliphatic carbocycles. The van der Waals surface area contributed by atoms with E-state index in [0.29, 0.717) is 17.9 Å². The number of nitrogens with two attached hydrogens (primary N) is 1. The number of oxime groups is 1. The van der Waals surface area contributed by atoms with Crippen molar-refractivity contribution >= 4 is 62.8 Å². The van der Waals surface area contributed by atoms with E-state index in [1.54, 1.807) is 11.3 Å². The third kappa shape index (κ3) is 4.00. The molecule has 1 saturated heterocycles. The Morgan fingerprint density at radius 3 is 3.00 bits per heavy atom. The molecule has 0 saturated carbocycles. The Hall–Kier alpha value is -3.91. The summed E-state index contributed by atoms with van der Waals surface area (Å²) < 4.78 is 6.89. The second-order valence-corrected chi connectivity index (χ2v) is 9.63. The van der Waals surface area contributed by atoms with E-state index >= 15 is 0 Å². The molecular formula is C21H19N6O6S2+. The number of aromatic nitrogens is 2. The topological polar surface area (TPSA) is 164 Å². The minimum absolute atomic E-state index is 0.0370. The Morgan fingerprint density at radius 1 is 1.46 bits per heavy atom. The van der Waals surface area contributed by atoms with Gasteiger partial charge in [-0.1, -0.05) is 16.5 Å². The Labute approximate surface area is 206 Å². The molecule has 4 N–H and O–H groups in total. The number of carboxylic acid groups (broad SMARTS) is 1. The van der Waals surface area contributed by atoms with E-state index in [-0.39, 0.29) is 23.1 Å². The molecule has 2 aliphatic rings. The summed E-state index contributed by atoms with van der Waals surface area (Å²) in [6.45, 7) is 0.332. The van der Waals surface area contributed by atoms with Crippen molar-refractivity contribution < 1.29 is 33.3 Å². The van der Waals surface area contributed by atoms with E-state index in [1.165, 1.54) is 23.8 Å². The number of fused-ring (bicyclic) bond motifs is 2. The van der Waals surface area contributed by atoms with Crippen LogP contribution in [0.5, 0.6) is 0 Å². The molecule has 0 aromatic carbocycles. The number of carbonyl (C=O) groups excluding carboxylic acids is 2. The van der Waals surface area contributed by atoms with E-state index < -0.39 is 29.2 Å². The third-order valence-corrected chi connectivity index (χ3v) is 7.84. The van der Waals surface area contributed by atoms with Gasteiger partial charge in [0.15, 0.2) is 18.5 Å². The maximum atomic E-state index is 13.0. The maximum absolute atomic E-state index is 13.0. The average Bonchev–Trinajstić information content (AvgIpc) is 3.49. The lowest BCUT2D eigenvalue weighted by Crippen LogP contribution is -2.71. The van der Waals surface area contributed by atoms with Crippen molar-refractivity contribution in [2.75, 3.05) is 18.6 Å². The molecule has 2 atom stereocenters. The van der Waals surface area contributed by atoms with Crippen LogP contribution in [0.2, 0.25) is 0 Å². The van der Waals surface area contributed by atoms with Crippen LogP contribution in [0.4, 0.5) is 6.01 Å². The molecule has 5 heterocycles. The number of thioether (sulfide) groups is 1. The first kappa shape index (κ1) is 22.9. The quantitative estimate of drug-likeness (QED) is 0.176. The molecule has 2 amide bonds. The van der Waals surface area contributed by atoms with Crippen LogP contribution in [0.15, 0.2) is 56.9 Å².